The minimum Gasteiger partial charge on any atom is -0.494 e. The zero-order valence-electron chi connectivity index (χ0n) is 12.6. The third-order valence-electron chi connectivity index (χ3n) is 3.09. The van der Waals surface area contributed by atoms with E-state index in [4.69, 9.17) is 9.47 Å². The number of hydrogen-bond donors (Lipinski definition) is 1. The van der Waals surface area contributed by atoms with Gasteiger partial charge in [-0.15, -0.1) is 0 Å². The van der Waals surface area contributed by atoms with E-state index in [1.165, 1.54) is 44.6 Å². The molecule has 7 heteroatoms. The lowest BCUT2D eigenvalue weighted by molar-refractivity contribution is -0.0512. The predicted molar refractivity (Wildman–Crippen MR) is 79.9 cm³/mol. The molecule has 0 saturated heterocycles. The molecule has 1 N–H and O–H groups in total. The fourth-order valence-corrected chi connectivity index (χ4v) is 2.03. The minimum absolute atomic E-state index is 0.0483. The Morgan fingerprint density at radius 1 is 0.957 bits per heavy atom. The Balaban J connectivity index is 2.14. The molecule has 124 valence electrons. The number of benzene rings is 2. The summed E-state index contributed by atoms with van der Waals surface area (Å²) in [5.41, 5.74) is 1.27. The molecular weight excluding hydrogens is 311 g/mol. The summed E-state index contributed by atoms with van der Waals surface area (Å²) in [6.45, 7) is -2.63. The van der Waals surface area contributed by atoms with Gasteiger partial charge in [-0.3, -0.25) is 0 Å². The van der Waals surface area contributed by atoms with Crippen molar-refractivity contribution in [3.05, 3.63) is 47.8 Å². The first-order valence-corrected chi connectivity index (χ1v) is 6.72. The molecule has 0 aliphatic carbocycles. The van der Waals surface area contributed by atoms with E-state index in [1.807, 2.05) is 0 Å². The molecule has 0 bridgehead atoms. The Bertz CT molecular complexity index is 665. The molecule has 0 aliphatic heterocycles. The van der Waals surface area contributed by atoms with Gasteiger partial charge in [-0.25, -0.2) is 4.39 Å². The first kappa shape index (κ1) is 16.8. The Hall–Kier alpha value is -2.57. The van der Waals surface area contributed by atoms with Gasteiger partial charge >= 0.3 is 6.61 Å². The normalized spacial score (nSPS) is 10.5. The summed E-state index contributed by atoms with van der Waals surface area (Å²) in [4.78, 5) is 0. The van der Waals surface area contributed by atoms with E-state index in [9.17, 15) is 13.2 Å². The molecular formula is C16H16F3NO3. The van der Waals surface area contributed by atoms with E-state index in [-0.39, 0.29) is 11.5 Å². The van der Waals surface area contributed by atoms with Crippen LogP contribution in [0.1, 0.15) is 5.56 Å². The highest BCUT2D eigenvalue weighted by atomic mass is 19.3. The number of rotatable bonds is 7. The lowest BCUT2D eigenvalue weighted by atomic mass is 10.2. The number of methoxy groups -OCH3 is 2. The van der Waals surface area contributed by atoms with Gasteiger partial charge in [0.2, 0.25) is 0 Å². The third kappa shape index (κ3) is 4.45. The molecule has 0 aromatic heterocycles. The lowest BCUT2D eigenvalue weighted by Crippen LogP contribution is -2.06. The molecule has 0 fully saturated rings. The summed E-state index contributed by atoms with van der Waals surface area (Å²) < 4.78 is 52.5. The Kier molecular flexibility index (Phi) is 5.56. The van der Waals surface area contributed by atoms with Crippen molar-refractivity contribution in [2.45, 2.75) is 13.2 Å². The van der Waals surface area contributed by atoms with Crippen LogP contribution in [0.2, 0.25) is 0 Å². The molecule has 23 heavy (non-hydrogen) atoms. The Morgan fingerprint density at radius 2 is 1.70 bits per heavy atom. The third-order valence-corrected chi connectivity index (χ3v) is 3.09. The van der Waals surface area contributed by atoms with Gasteiger partial charge in [0.05, 0.1) is 19.9 Å². The van der Waals surface area contributed by atoms with Gasteiger partial charge in [0.1, 0.15) is 11.6 Å². The average molecular weight is 327 g/mol. The predicted octanol–water partition coefficient (Wildman–Crippen LogP) is 4.06. The summed E-state index contributed by atoms with van der Waals surface area (Å²) in [6.07, 6.45) is 0. The highest BCUT2D eigenvalue weighted by Crippen LogP contribution is 2.30. The molecule has 0 unspecified atom stereocenters. The second-order valence-electron chi connectivity index (χ2n) is 4.56. The van der Waals surface area contributed by atoms with Gasteiger partial charge in [0.25, 0.3) is 0 Å². The van der Waals surface area contributed by atoms with Crippen molar-refractivity contribution < 1.29 is 27.4 Å². The maximum Gasteiger partial charge on any atom is 0.387 e. The maximum absolute atomic E-state index is 13.1. The quantitative estimate of drug-likeness (QED) is 0.832. The standard InChI is InChI=1S/C16H16F3NO3/c1-21-13-6-3-10(7-15(13)23-16(18)19)9-20-12-5-4-11(17)8-14(12)22-2/h3-8,16,20H,9H2,1-2H3. The lowest BCUT2D eigenvalue weighted by Gasteiger charge is -2.14. The van der Waals surface area contributed by atoms with Crippen LogP contribution < -0.4 is 19.5 Å². The topological polar surface area (TPSA) is 39.7 Å². The first-order chi connectivity index (χ1) is 11.0. The van der Waals surface area contributed by atoms with Gasteiger partial charge in [-0.1, -0.05) is 6.07 Å². The first-order valence-electron chi connectivity index (χ1n) is 6.72. The van der Waals surface area contributed by atoms with Crippen molar-refractivity contribution in [1.29, 1.82) is 0 Å². The van der Waals surface area contributed by atoms with Crippen molar-refractivity contribution in [3.8, 4) is 17.2 Å². The fourth-order valence-electron chi connectivity index (χ4n) is 2.03. The van der Waals surface area contributed by atoms with Gasteiger partial charge in [0, 0.05) is 12.6 Å². The molecule has 0 atom stereocenters. The van der Waals surface area contributed by atoms with E-state index in [2.05, 4.69) is 10.1 Å². The van der Waals surface area contributed by atoms with Crippen molar-refractivity contribution in [2.75, 3.05) is 19.5 Å². The molecule has 0 radical (unpaired) electrons. The summed E-state index contributed by atoms with van der Waals surface area (Å²) >= 11 is 0. The molecule has 0 amide bonds. The monoisotopic (exact) mass is 327 g/mol. The highest BCUT2D eigenvalue weighted by molar-refractivity contribution is 5.57. The number of halogens is 3. The van der Waals surface area contributed by atoms with E-state index < -0.39 is 12.4 Å². The number of nitrogens with one attached hydrogen (secondary N) is 1. The van der Waals surface area contributed by atoms with E-state index >= 15 is 0 Å². The fraction of sp³-hybridized carbons (Fsp3) is 0.250. The highest BCUT2D eigenvalue weighted by Gasteiger charge is 2.12. The van der Waals surface area contributed by atoms with E-state index in [0.29, 0.717) is 23.5 Å². The van der Waals surface area contributed by atoms with Crippen LogP contribution in [0, 0.1) is 5.82 Å². The van der Waals surface area contributed by atoms with Crippen LogP contribution in [-0.4, -0.2) is 20.8 Å². The average Bonchev–Trinajstić information content (AvgIpc) is 2.53. The van der Waals surface area contributed by atoms with Crippen LogP contribution in [0.15, 0.2) is 36.4 Å². The number of ether oxygens (including phenoxy) is 3. The van der Waals surface area contributed by atoms with Crippen molar-refractivity contribution >= 4 is 5.69 Å². The summed E-state index contributed by atoms with van der Waals surface area (Å²) in [7, 11) is 2.80. The molecule has 4 nitrogen and oxygen atoms in total. The molecule has 2 aromatic carbocycles. The molecule has 0 heterocycles. The van der Waals surface area contributed by atoms with Crippen LogP contribution >= 0.6 is 0 Å². The number of anilines is 1. The van der Waals surface area contributed by atoms with Crippen LogP contribution in [0.5, 0.6) is 17.2 Å². The molecule has 0 aliphatic rings. The summed E-state index contributed by atoms with van der Waals surface area (Å²) in [5.74, 6) is 0.105. The van der Waals surface area contributed by atoms with Crippen molar-refractivity contribution in [2.24, 2.45) is 0 Å². The van der Waals surface area contributed by atoms with E-state index in [0.717, 1.165) is 0 Å². The Labute approximate surface area is 131 Å². The van der Waals surface area contributed by atoms with Crippen molar-refractivity contribution in [3.63, 3.8) is 0 Å². The van der Waals surface area contributed by atoms with Gasteiger partial charge in [-0.2, -0.15) is 8.78 Å². The number of alkyl halides is 2. The second kappa shape index (κ2) is 7.62. The summed E-state index contributed by atoms with van der Waals surface area (Å²) in [6, 6.07) is 8.78. The van der Waals surface area contributed by atoms with Gasteiger partial charge in [-0.05, 0) is 29.8 Å². The number of hydrogen-bond acceptors (Lipinski definition) is 4. The molecule has 2 rings (SSSR count). The largest absolute Gasteiger partial charge is 0.494 e. The van der Waals surface area contributed by atoms with Crippen LogP contribution in [0.4, 0.5) is 18.9 Å². The minimum atomic E-state index is -2.94. The summed E-state index contributed by atoms with van der Waals surface area (Å²) in [5, 5.41) is 3.05. The maximum atomic E-state index is 13.1. The smallest absolute Gasteiger partial charge is 0.387 e. The van der Waals surface area contributed by atoms with E-state index in [1.54, 1.807) is 6.07 Å². The van der Waals surface area contributed by atoms with Gasteiger partial charge in [0.15, 0.2) is 11.5 Å². The molecule has 2 aromatic rings. The molecule has 0 spiro atoms. The zero-order chi connectivity index (χ0) is 16.8. The second-order valence-corrected chi connectivity index (χ2v) is 4.56. The Morgan fingerprint density at radius 3 is 2.35 bits per heavy atom. The van der Waals surface area contributed by atoms with Crippen LogP contribution in [0.3, 0.4) is 0 Å². The molecule has 0 saturated carbocycles. The van der Waals surface area contributed by atoms with Gasteiger partial charge < -0.3 is 19.5 Å². The van der Waals surface area contributed by atoms with Crippen LogP contribution in [0.25, 0.3) is 0 Å². The van der Waals surface area contributed by atoms with Crippen molar-refractivity contribution in [1.82, 2.24) is 0 Å². The zero-order valence-corrected chi connectivity index (χ0v) is 12.6. The van der Waals surface area contributed by atoms with Crippen LogP contribution in [-0.2, 0) is 6.54 Å². The SMILES string of the molecule is COc1cc(F)ccc1NCc1ccc(OC)c(OC(F)F)c1.